The van der Waals surface area contributed by atoms with Crippen molar-refractivity contribution in [2.75, 3.05) is 26.9 Å². The zero-order valence-electron chi connectivity index (χ0n) is 18.5. The van der Waals surface area contributed by atoms with E-state index in [0.717, 1.165) is 63.7 Å². The Balaban J connectivity index is 1.32. The molecule has 31 heavy (non-hydrogen) atoms. The van der Waals surface area contributed by atoms with Crippen LogP contribution in [0.3, 0.4) is 0 Å². The van der Waals surface area contributed by atoms with Crippen LogP contribution in [-0.2, 0) is 14.9 Å². The van der Waals surface area contributed by atoms with Crippen LogP contribution in [0, 0.1) is 11.3 Å². The van der Waals surface area contributed by atoms with Crippen LogP contribution >= 0.6 is 0 Å². The molecule has 4 aliphatic carbocycles. The minimum atomic E-state index is -0.172. The van der Waals surface area contributed by atoms with Gasteiger partial charge in [0.1, 0.15) is 12.4 Å². The minimum absolute atomic E-state index is 0.154. The molecule has 6 heteroatoms. The lowest BCUT2D eigenvalue weighted by Gasteiger charge is -2.53. The number of nitrogens with two attached hydrogens (primary N) is 1. The molecule has 0 saturated heterocycles. The van der Waals surface area contributed by atoms with Crippen LogP contribution in [0.25, 0.3) is 0 Å². The second kappa shape index (κ2) is 9.29. The van der Waals surface area contributed by atoms with E-state index in [-0.39, 0.29) is 29.9 Å². The standard InChI is InChI=1S/C25H35FN2O3/c1-30-16-18-12-21(13-18)28-23(29)25-9-6-24(7-10-25,8-11-25)20-2-4-22(5-3-20)31-17-19(14-26)15-27/h2-5,14,18,21H,6-13,15-17,27H2,1H3,(H,28,29)/b19-14+. The van der Waals surface area contributed by atoms with Crippen LogP contribution in [0.15, 0.2) is 36.2 Å². The average molecular weight is 431 g/mol. The summed E-state index contributed by atoms with van der Waals surface area (Å²) in [7, 11) is 1.74. The normalized spacial score (nSPS) is 32.4. The number of amides is 1. The van der Waals surface area contributed by atoms with E-state index in [9.17, 15) is 9.18 Å². The van der Waals surface area contributed by atoms with Crippen LogP contribution < -0.4 is 15.8 Å². The molecule has 170 valence electrons. The molecule has 2 bridgehead atoms. The second-order valence-electron chi connectivity index (χ2n) is 9.81. The highest BCUT2D eigenvalue weighted by atomic mass is 19.1. The predicted molar refractivity (Wildman–Crippen MR) is 119 cm³/mol. The molecule has 3 N–H and O–H groups in total. The van der Waals surface area contributed by atoms with Gasteiger partial charge < -0.3 is 20.5 Å². The van der Waals surface area contributed by atoms with Gasteiger partial charge in [-0.3, -0.25) is 4.79 Å². The Kier molecular flexibility index (Phi) is 6.68. The molecule has 0 atom stereocenters. The molecular weight excluding hydrogens is 395 g/mol. The zero-order chi connectivity index (χ0) is 21.9. The Morgan fingerprint density at radius 1 is 1.16 bits per heavy atom. The van der Waals surface area contributed by atoms with E-state index in [2.05, 4.69) is 17.4 Å². The Labute approximate surface area is 184 Å². The first-order valence-electron chi connectivity index (χ1n) is 11.5. The number of nitrogens with one attached hydrogen (secondary N) is 1. The third kappa shape index (κ3) is 4.51. The summed E-state index contributed by atoms with van der Waals surface area (Å²) in [5, 5.41) is 3.33. The molecule has 4 fully saturated rings. The van der Waals surface area contributed by atoms with Gasteiger partial charge in [-0.05, 0) is 80.4 Å². The van der Waals surface area contributed by atoms with Gasteiger partial charge in [-0.15, -0.1) is 0 Å². The molecule has 5 rings (SSSR count). The van der Waals surface area contributed by atoms with Gasteiger partial charge in [-0.1, -0.05) is 12.1 Å². The van der Waals surface area contributed by atoms with Crippen molar-refractivity contribution in [2.45, 2.75) is 62.8 Å². The van der Waals surface area contributed by atoms with Crippen molar-refractivity contribution >= 4 is 5.91 Å². The molecular formula is C25H35FN2O3. The number of fused-ring (bicyclic) bond motifs is 3. The smallest absolute Gasteiger partial charge is 0.226 e. The number of carbonyl (C=O) groups is 1. The topological polar surface area (TPSA) is 73.6 Å². The molecule has 0 aliphatic heterocycles. The van der Waals surface area contributed by atoms with Gasteiger partial charge in [-0.2, -0.15) is 0 Å². The summed E-state index contributed by atoms with van der Waals surface area (Å²) in [6, 6.07) is 8.54. The summed E-state index contributed by atoms with van der Waals surface area (Å²) in [6.07, 6.45) is 8.66. The SMILES string of the molecule is COCC1CC(NC(=O)C23CCC(c4ccc(OC/C(=C/F)CN)cc4)(CC2)CC3)C1. The summed E-state index contributed by atoms with van der Waals surface area (Å²) >= 11 is 0. The third-order valence-electron chi connectivity index (χ3n) is 8.01. The summed E-state index contributed by atoms with van der Waals surface area (Å²) < 4.78 is 23.5. The molecule has 0 heterocycles. The van der Waals surface area contributed by atoms with Crippen molar-refractivity contribution in [3.05, 3.63) is 41.7 Å². The number of methoxy groups -OCH3 is 1. The van der Waals surface area contributed by atoms with Gasteiger partial charge in [-0.25, -0.2) is 4.39 Å². The lowest BCUT2D eigenvalue weighted by Crippen LogP contribution is -2.55. The van der Waals surface area contributed by atoms with Crippen LogP contribution in [0.4, 0.5) is 4.39 Å². The lowest BCUT2D eigenvalue weighted by molar-refractivity contribution is -0.139. The number of rotatable bonds is 9. The molecule has 5 nitrogen and oxygen atoms in total. The Morgan fingerprint density at radius 3 is 2.35 bits per heavy atom. The fraction of sp³-hybridized carbons (Fsp3) is 0.640. The molecule has 4 saturated carbocycles. The number of ether oxygens (including phenoxy) is 2. The van der Waals surface area contributed by atoms with Gasteiger partial charge >= 0.3 is 0 Å². The van der Waals surface area contributed by atoms with Gasteiger partial charge in [0, 0.05) is 37.3 Å². The molecule has 1 aromatic carbocycles. The van der Waals surface area contributed by atoms with Crippen LogP contribution in [-0.4, -0.2) is 38.8 Å². The molecule has 0 spiro atoms. The molecule has 0 unspecified atom stereocenters. The highest BCUT2D eigenvalue weighted by Gasteiger charge is 2.53. The Bertz CT molecular complexity index is 777. The van der Waals surface area contributed by atoms with Crippen molar-refractivity contribution in [1.82, 2.24) is 5.32 Å². The van der Waals surface area contributed by atoms with Crippen molar-refractivity contribution in [3.63, 3.8) is 0 Å². The highest BCUT2D eigenvalue weighted by molar-refractivity contribution is 5.83. The van der Waals surface area contributed by atoms with E-state index in [4.69, 9.17) is 15.2 Å². The number of hydrogen-bond acceptors (Lipinski definition) is 4. The van der Waals surface area contributed by atoms with Crippen LogP contribution in [0.5, 0.6) is 5.75 Å². The number of carbonyl (C=O) groups excluding carboxylic acids is 1. The summed E-state index contributed by atoms with van der Waals surface area (Å²) in [5.74, 6) is 1.60. The number of benzene rings is 1. The van der Waals surface area contributed by atoms with Gasteiger partial charge in [0.15, 0.2) is 0 Å². The van der Waals surface area contributed by atoms with Crippen molar-refractivity contribution < 1.29 is 18.7 Å². The first-order valence-corrected chi connectivity index (χ1v) is 11.5. The van der Waals surface area contributed by atoms with Crippen molar-refractivity contribution in [1.29, 1.82) is 0 Å². The third-order valence-corrected chi connectivity index (χ3v) is 8.01. The Morgan fingerprint density at radius 2 is 1.81 bits per heavy atom. The van der Waals surface area contributed by atoms with Crippen molar-refractivity contribution in [2.24, 2.45) is 17.1 Å². The summed E-state index contributed by atoms with van der Waals surface area (Å²) in [4.78, 5) is 13.1. The molecule has 1 aromatic rings. The number of halogens is 1. The van der Waals surface area contributed by atoms with E-state index in [1.54, 1.807) is 7.11 Å². The van der Waals surface area contributed by atoms with E-state index in [0.29, 0.717) is 23.9 Å². The first kappa shape index (κ1) is 22.3. The predicted octanol–water partition coefficient (Wildman–Crippen LogP) is 4.01. The first-order chi connectivity index (χ1) is 15.0. The molecule has 4 aliphatic rings. The van der Waals surface area contributed by atoms with Gasteiger partial charge in [0.25, 0.3) is 0 Å². The van der Waals surface area contributed by atoms with E-state index in [1.165, 1.54) is 5.56 Å². The fourth-order valence-corrected chi connectivity index (χ4v) is 5.74. The summed E-state index contributed by atoms with van der Waals surface area (Å²) in [6.45, 7) is 1.12. The molecule has 0 radical (unpaired) electrons. The van der Waals surface area contributed by atoms with Crippen LogP contribution in [0.1, 0.15) is 56.9 Å². The lowest BCUT2D eigenvalue weighted by atomic mass is 9.51. The van der Waals surface area contributed by atoms with E-state index < -0.39 is 0 Å². The average Bonchev–Trinajstić information content (AvgIpc) is 2.80. The monoisotopic (exact) mass is 430 g/mol. The van der Waals surface area contributed by atoms with Crippen LogP contribution in [0.2, 0.25) is 0 Å². The Hall–Kier alpha value is -1.92. The van der Waals surface area contributed by atoms with Crippen molar-refractivity contribution in [3.8, 4) is 5.75 Å². The second-order valence-corrected chi connectivity index (χ2v) is 9.81. The maximum Gasteiger partial charge on any atom is 0.226 e. The van der Waals surface area contributed by atoms with Gasteiger partial charge in [0.05, 0.1) is 6.33 Å². The van der Waals surface area contributed by atoms with Gasteiger partial charge in [0.2, 0.25) is 5.91 Å². The summed E-state index contributed by atoms with van der Waals surface area (Å²) in [5.41, 5.74) is 7.24. The van der Waals surface area contributed by atoms with E-state index >= 15 is 0 Å². The highest BCUT2D eigenvalue weighted by Crippen LogP contribution is 2.58. The van der Waals surface area contributed by atoms with E-state index in [1.807, 2.05) is 12.1 Å². The molecule has 1 amide bonds. The zero-order valence-corrected chi connectivity index (χ0v) is 18.5. The minimum Gasteiger partial charge on any atom is -0.489 e. The quantitative estimate of drug-likeness (QED) is 0.621. The molecule has 0 aromatic heterocycles. The largest absolute Gasteiger partial charge is 0.489 e. The maximum absolute atomic E-state index is 13.1. The number of hydrogen-bond donors (Lipinski definition) is 2. The maximum atomic E-state index is 13.1. The fourth-order valence-electron chi connectivity index (χ4n) is 5.74.